The second-order valence-corrected chi connectivity index (χ2v) is 6.47. The number of carbonyl (C=O) groups excluding carboxylic acids is 2. The highest BCUT2D eigenvalue weighted by Gasteiger charge is 2.32. The Labute approximate surface area is 174 Å². The van der Waals surface area contributed by atoms with Crippen LogP contribution >= 0.6 is 0 Å². The van der Waals surface area contributed by atoms with Gasteiger partial charge < -0.3 is 9.47 Å². The monoisotopic (exact) mass is 429 g/mol. The zero-order chi connectivity index (χ0) is 22.0. The van der Waals surface area contributed by atoms with Crippen molar-refractivity contribution in [3.63, 3.8) is 0 Å². The maximum absolute atomic E-state index is 13.1. The van der Waals surface area contributed by atoms with Crippen molar-refractivity contribution < 1.29 is 32.2 Å². The molecule has 0 saturated heterocycles. The average molecular weight is 429 g/mol. The van der Waals surface area contributed by atoms with Crippen LogP contribution in [-0.4, -0.2) is 46.2 Å². The molecule has 1 aliphatic rings. The Balaban J connectivity index is 1.63. The lowest BCUT2D eigenvalue weighted by molar-refractivity contribution is -0.274. The van der Waals surface area contributed by atoms with Crippen molar-refractivity contribution in [3.05, 3.63) is 72.3 Å². The number of hydrogen-bond acceptors (Lipinski definition) is 6. The number of rotatable bonds is 3. The first-order chi connectivity index (χ1) is 14.8. The molecule has 4 rings (SSSR count). The van der Waals surface area contributed by atoms with E-state index in [0.717, 1.165) is 4.90 Å². The molecule has 0 N–H and O–H groups in total. The summed E-state index contributed by atoms with van der Waals surface area (Å²) in [5.41, 5.74) is 1.26. The molecule has 1 aromatic heterocycles. The van der Waals surface area contributed by atoms with Crippen LogP contribution in [0, 0.1) is 0 Å². The van der Waals surface area contributed by atoms with Gasteiger partial charge in [-0.25, -0.2) is 9.97 Å². The van der Waals surface area contributed by atoms with Gasteiger partial charge in [0.05, 0.1) is 12.1 Å². The van der Waals surface area contributed by atoms with E-state index in [1.807, 2.05) is 0 Å². The summed E-state index contributed by atoms with van der Waals surface area (Å²) in [7, 11) is 0. The molecule has 3 aromatic rings. The third-order valence-electron chi connectivity index (χ3n) is 4.45. The minimum Gasteiger partial charge on any atom is -0.491 e. The van der Waals surface area contributed by atoms with E-state index in [9.17, 15) is 22.8 Å². The van der Waals surface area contributed by atoms with E-state index in [0.29, 0.717) is 16.9 Å². The van der Waals surface area contributed by atoms with Gasteiger partial charge in [-0.1, -0.05) is 18.2 Å². The highest BCUT2D eigenvalue weighted by Crippen LogP contribution is 2.31. The zero-order valence-electron chi connectivity index (χ0n) is 15.8. The van der Waals surface area contributed by atoms with Crippen molar-refractivity contribution in [1.82, 2.24) is 14.9 Å². The summed E-state index contributed by atoms with van der Waals surface area (Å²) in [4.78, 5) is 34.5. The molecule has 0 atom stereocenters. The van der Waals surface area contributed by atoms with Crippen LogP contribution in [-0.2, 0) is 0 Å². The van der Waals surface area contributed by atoms with Crippen molar-refractivity contribution in [2.75, 3.05) is 13.2 Å². The fourth-order valence-corrected chi connectivity index (χ4v) is 3.07. The highest BCUT2D eigenvalue weighted by atomic mass is 19.4. The maximum Gasteiger partial charge on any atom is 0.573 e. The molecule has 0 spiro atoms. The minimum atomic E-state index is -4.78. The molecule has 2 aromatic carbocycles. The number of nitrogens with zero attached hydrogens (tertiary/aromatic N) is 3. The number of alkyl halides is 3. The van der Waals surface area contributed by atoms with Gasteiger partial charge in [0, 0.05) is 12.4 Å². The maximum atomic E-state index is 13.1. The third-order valence-corrected chi connectivity index (χ3v) is 4.45. The molecular weight excluding hydrogens is 415 g/mol. The van der Waals surface area contributed by atoms with Crippen LogP contribution in [0.4, 0.5) is 13.2 Å². The predicted molar refractivity (Wildman–Crippen MR) is 101 cm³/mol. The van der Waals surface area contributed by atoms with Crippen LogP contribution in [0.15, 0.2) is 60.9 Å². The van der Waals surface area contributed by atoms with E-state index in [1.165, 1.54) is 42.7 Å². The van der Waals surface area contributed by atoms with Crippen LogP contribution in [0.1, 0.15) is 21.0 Å². The molecule has 0 saturated carbocycles. The quantitative estimate of drug-likeness (QED) is 0.591. The Morgan fingerprint density at radius 3 is 2.39 bits per heavy atom. The van der Waals surface area contributed by atoms with Gasteiger partial charge in [0.15, 0.2) is 0 Å². The number of ether oxygens (including phenoxy) is 2. The van der Waals surface area contributed by atoms with Gasteiger partial charge in [0.1, 0.15) is 18.1 Å². The molecule has 0 fully saturated rings. The van der Waals surface area contributed by atoms with E-state index >= 15 is 0 Å². The predicted octanol–water partition coefficient (Wildman–Crippen LogP) is 3.72. The molecule has 0 unspecified atom stereocenters. The topological polar surface area (TPSA) is 81.6 Å². The van der Waals surface area contributed by atoms with Crippen LogP contribution < -0.4 is 9.47 Å². The zero-order valence-corrected chi connectivity index (χ0v) is 15.8. The number of halogens is 3. The standard InChI is InChI=1S/C21H14F3N3O4/c22-21(23,24)31-15-5-2-13(3-6-15)14-4-7-17-16(12-14)19(28)27(10-11-30-17)20(29)18-25-8-1-9-26-18/h1-9,12H,10-11H2. The molecule has 10 heteroatoms. The smallest absolute Gasteiger partial charge is 0.491 e. The van der Waals surface area contributed by atoms with E-state index in [1.54, 1.807) is 18.2 Å². The lowest BCUT2D eigenvalue weighted by Gasteiger charge is -2.17. The fraction of sp³-hybridized carbons (Fsp3) is 0.143. The molecule has 0 radical (unpaired) electrons. The number of carbonyl (C=O) groups is 2. The van der Waals surface area contributed by atoms with Crippen molar-refractivity contribution in [2.24, 2.45) is 0 Å². The Hall–Kier alpha value is -3.95. The average Bonchev–Trinajstić information content (AvgIpc) is 2.92. The van der Waals surface area contributed by atoms with E-state index < -0.39 is 18.2 Å². The Kier molecular flexibility index (Phi) is 5.28. The van der Waals surface area contributed by atoms with Crippen LogP contribution in [0.5, 0.6) is 11.5 Å². The number of aromatic nitrogens is 2. The van der Waals surface area contributed by atoms with Crippen molar-refractivity contribution in [1.29, 1.82) is 0 Å². The van der Waals surface area contributed by atoms with E-state index in [2.05, 4.69) is 14.7 Å². The van der Waals surface area contributed by atoms with Gasteiger partial charge in [-0.2, -0.15) is 0 Å². The van der Waals surface area contributed by atoms with Crippen molar-refractivity contribution in [2.45, 2.75) is 6.36 Å². The molecule has 0 bridgehead atoms. The highest BCUT2D eigenvalue weighted by molar-refractivity contribution is 6.10. The molecule has 31 heavy (non-hydrogen) atoms. The molecule has 2 amide bonds. The third kappa shape index (κ3) is 4.47. The summed E-state index contributed by atoms with van der Waals surface area (Å²) >= 11 is 0. The summed E-state index contributed by atoms with van der Waals surface area (Å²) in [6.45, 7) is 0.115. The van der Waals surface area contributed by atoms with E-state index in [-0.39, 0.29) is 30.3 Å². The lowest BCUT2D eigenvalue weighted by Crippen LogP contribution is -2.39. The summed E-state index contributed by atoms with van der Waals surface area (Å²) in [5.74, 6) is -1.40. The Morgan fingerprint density at radius 1 is 1.03 bits per heavy atom. The summed E-state index contributed by atoms with van der Waals surface area (Å²) in [6.07, 6.45) is -1.98. The van der Waals surface area contributed by atoms with Gasteiger partial charge in [-0.3, -0.25) is 14.5 Å². The SMILES string of the molecule is O=C(c1ncccn1)N1CCOc2ccc(-c3ccc(OC(F)(F)F)cc3)cc2C1=O. The molecule has 7 nitrogen and oxygen atoms in total. The second kappa shape index (κ2) is 8.05. The van der Waals surface area contributed by atoms with Gasteiger partial charge >= 0.3 is 6.36 Å². The lowest BCUT2D eigenvalue weighted by atomic mass is 10.0. The van der Waals surface area contributed by atoms with Gasteiger partial charge in [-0.05, 0) is 41.5 Å². The second-order valence-electron chi connectivity index (χ2n) is 6.47. The molecular formula is C21H14F3N3O4. The van der Waals surface area contributed by atoms with Crippen LogP contribution in [0.25, 0.3) is 11.1 Å². The molecule has 0 aliphatic carbocycles. The normalized spacial score (nSPS) is 13.8. The number of benzene rings is 2. The number of hydrogen-bond donors (Lipinski definition) is 0. The molecule has 1 aliphatic heterocycles. The number of fused-ring (bicyclic) bond motifs is 1. The first-order valence-electron chi connectivity index (χ1n) is 9.08. The number of amides is 2. The van der Waals surface area contributed by atoms with Crippen molar-refractivity contribution in [3.8, 4) is 22.6 Å². The Morgan fingerprint density at radius 2 is 1.71 bits per heavy atom. The van der Waals surface area contributed by atoms with Crippen LogP contribution in [0.2, 0.25) is 0 Å². The Bertz CT molecular complexity index is 1120. The van der Waals surface area contributed by atoms with E-state index in [4.69, 9.17) is 4.74 Å². The summed E-state index contributed by atoms with van der Waals surface area (Å²) in [5, 5.41) is 0. The van der Waals surface area contributed by atoms with Gasteiger partial charge in [0.2, 0.25) is 5.82 Å². The molecule has 2 heterocycles. The van der Waals surface area contributed by atoms with Crippen molar-refractivity contribution >= 4 is 11.8 Å². The summed E-state index contributed by atoms with van der Waals surface area (Å²) in [6, 6.07) is 11.5. The van der Waals surface area contributed by atoms with Gasteiger partial charge in [-0.15, -0.1) is 13.2 Å². The summed E-state index contributed by atoms with van der Waals surface area (Å²) < 4.78 is 46.5. The fourth-order valence-electron chi connectivity index (χ4n) is 3.07. The number of imide groups is 1. The van der Waals surface area contributed by atoms with Crippen LogP contribution in [0.3, 0.4) is 0 Å². The van der Waals surface area contributed by atoms with Gasteiger partial charge in [0.25, 0.3) is 11.8 Å². The first-order valence-corrected chi connectivity index (χ1v) is 9.08. The molecule has 158 valence electrons. The first kappa shape index (κ1) is 20.3. The minimum absolute atomic E-state index is 0.0173. The largest absolute Gasteiger partial charge is 0.573 e.